The Morgan fingerprint density at radius 3 is 2.59 bits per heavy atom. The number of carboxylic acids is 1. The van der Waals surface area contributed by atoms with Gasteiger partial charge in [0.1, 0.15) is 5.75 Å². The van der Waals surface area contributed by atoms with E-state index >= 15 is 0 Å². The second kappa shape index (κ2) is 8.34. The number of halogens is 3. The molecule has 3 N–H and O–H groups in total. The Kier molecular flexibility index (Phi) is 6.04. The molecule has 1 aliphatic carbocycles. The number of ether oxygens (including phenoxy) is 1. The molecule has 0 radical (unpaired) electrons. The molecule has 1 fully saturated rings. The van der Waals surface area contributed by atoms with E-state index in [0.717, 1.165) is 24.1 Å². The summed E-state index contributed by atoms with van der Waals surface area (Å²) in [5.74, 6) is -2.75. The lowest BCUT2D eigenvalue weighted by Crippen LogP contribution is -2.40. The van der Waals surface area contributed by atoms with Gasteiger partial charge in [-0.05, 0) is 49.9 Å². The van der Waals surface area contributed by atoms with Crippen LogP contribution in [-0.4, -0.2) is 34.9 Å². The first kappa shape index (κ1) is 21.0. The SMILES string of the molecule is Cc1[nH]c2ccc(OC(F)(F)F)cc2c1CCNC(=O)[C@@H]1CCCC[C@@H]1C(=O)O. The molecule has 0 unspecified atom stereocenters. The Hall–Kier alpha value is -2.71. The molecule has 3 rings (SSSR count). The average Bonchev–Trinajstić information content (AvgIpc) is 2.95. The van der Waals surface area contributed by atoms with Crippen LogP contribution in [0.4, 0.5) is 13.2 Å². The molecular formula is C20H23F3N2O4. The molecule has 2 aromatic rings. The minimum atomic E-state index is -4.77. The van der Waals surface area contributed by atoms with Gasteiger partial charge in [-0.25, -0.2) is 0 Å². The van der Waals surface area contributed by atoms with Gasteiger partial charge in [0, 0.05) is 23.1 Å². The molecule has 9 heteroatoms. The second-order valence-electron chi connectivity index (χ2n) is 7.36. The van der Waals surface area contributed by atoms with Crippen LogP contribution in [0.25, 0.3) is 10.9 Å². The van der Waals surface area contributed by atoms with Crippen LogP contribution in [0.15, 0.2) is 18.2 Å². The Morgan fingerprint density at radius 1 is 1.24 bits per heavy atom. The van der Waals surface area contributed by atoms with Crippen LogP contribution in [0.2, 0.25) is 0 Å². The van der Waals surface area contributed by atoms with Crippen LogP contribution in [0.5, 0.6) is 5.75 Å². The molecule has 1 heterocycles. The number of aliphatic carboxylic acids is 1. The maximum atomic E-state index is 12.5. The standard InChI is InChI=1S/C20H23F3N2O4/c1-11-13(16-10-12(29-20(21,22)23)6-7-17(16)25-11)8-9-24-18(26)14-4-2-3-5-15(14)19(27)28/h6-7,10,14-15,25H,2-5,8-9H2,1H3,(H,24,26)(H,27,28)/t14-,15+/m1/s1. The van der Waals surface area contributed by atoms with E-state index < -0.39 is 24.2 Å². The average molecular weight is 412 g/mol. The number of aromatic amines is 1. The van der Waals surface area contributed by atoms with Crippen LogP contribution < -0.4 is 10.1 Å². The number of hydrogen-bond donors (Lipinski definition) is 3. The predicted molar refractivity (Wildman–Crippen MR) is 99.5 cm³/mol. The second-order valence-corrected chi connectivity index (χ2v) is 7.36. The number of rotatable bonds is 6. The number of carboxylic acid groups (broad SMARTS) is 1. The van der Waals surface area contributed by atoms with Crippen molar-refractivity contribution in [2.75, 3.05) is 6.54 Å². The van der Waals surface area contributed by atoms with Crippen LogP contribution in [-0.2, 0) is 16.0 Å². The van der Waals surface area contributed by atoms with Gasteiger partial charge in [0.25, 0.3) is 0 Å². The van der Waals surface area contributed by atoms with Crippen molar-refractivity contribution in [1.82, 2.24) is 10.3 Å². The molecular weight excluding hydrogens is 389 g/mol. The maximum absolute atomic E-state index is 12.5. The van der Waals surface area contributed by atoms with E-state index in [4.69, 9.17) is 0 Å². The van der Waals surface area contributed by atoms with Crippen LogP contribution in [0.3, 0.4) is 0 Å². The summed E-state index contributed by atoms with van der Waals surface area (Å²) in [5.41, 5.74) is 2.25. The molecule has 1 amide bonds. The lowest BCUT2D eigenvalue weighted by atomic mass is 9.78. The Bertz CT molecular complexity index is 907. The van der Waals surface area contributed by atoms with Gasteiger partial charge < -0.3 is 20.1 Å². The van der Waals surface area contributed by atoms with Crippen molar-refractivity contribution in [1.29, 1.82) is 0 Å². The summed E-state index contributed by atoms with van der Waals surface area (Å²) in [4.78, 5) is 27.0. The summed E-state index contributed by atoms with van der Waals surface area (Å²) in [6.45, 7) is 2.07. The monoisotopic (exact) mass is 412 g/mol. The molecule has 158 valence electrons. The Morgan fingerprint density at radius 2 is 1.93 bits per heavy atom. The van der Waals surface area contributed by atoms with Crippen molar-refractivity contribution in [3.05, 3.63) is 29.5 Å². The first-order valence-corrected chi connectivity index (χ1v) is 9.53. The summed E-state index contributed by atoms with van der Waals surface area (Å²) in [7, 11) is 0. The number of carbonyl (C=O) groups excluding carboxylic acids is 1. The zero-order valence-electron chi connectivity index (χ0n) is 15.9. The first-order chi connectivity index (χ1) is 13.7. The fourth-order valence-corrected chi connectivity index (χ4v) is 4.06. The molecule has 1 aromatic heterocycles. The number of nitrogens with one attached hydrogen (secondary N) is 2. The molecule has 0 saturated heterocycles. The highest BCUT2D eigenvalue weighted by molar-refractivity contribution is 5.87. The molecule has 0 spiro atoms. The highest BCUT2D eigenvalue weighted by Gasteiger charge is 2.35. The number of aryl methyl sites for hydroxylation is 1. The minimum Gasteiger partial charge on any atom is -0.481 e. The maximum Gasteiger partial charge on any atom is 0.573 e. The van der Waals surface area contributed by atoms with Crippen LogP contribution in [0, 0.1) is 18.8 Å². The van der Waals surface area contributed by atoms with E-state index in [1.165, 1.54) is 18.2 Å². The van der Waals surface area contributed by atoms with Gasteiger partial charge in [-0.15, -0.1) is 13.2 Å². The van der Waals surface area contributed by atoms with Crippen LogP contribution in [0.1, 0.15) is 36.9 Å². The fraction of sp³-hybridized carbons (Fsp3) is 0.500. The number of benzene rings is 1. The summed E-state index contributed by atoms with van der Waals surface area (Å²) in [6.07, 6.45) is -1.70. The van der Waals surface area contributed by atoms with Gasteiger partial charge in [0.2, 0.25) is 5.91 Å². The van der Waals surface area contributed by atoms with Crippen molar-refractivity contribution in [3.63, 3.8) is 0 Å². The highest BCUT2D eigenvalue weighted by Crippen LogP contribution is 2.31. The number of amides is 1. The van der Waals surface area contributed by atoms with Gasteiger partial charge >= 0.3 is 12.3 Å². The van der Waals surface area contributed by atoms with Crippen molar-refractivity contribution in [2.45, 2.75) is 45.4 Å². The zero-order valence-corrected chi connectivity index (χ0v) is 15.9. The van der Waals surface area contributed by atoms with E-state index in [2.05, 4.69) is 15.0 Å². The number of aromatic nitrogens is 1. The number of hydrogen-bond acceptors (Lipinski definition) is 3. The largest absolute Gasteiger partial charge is 0.573 e. The molecule has 6 nitrogen and oxygen atoms in total. The lowest BCUT2D eigenvalue weighted by molar-refractivity contribution is -0.274. The quantitative estimate of drug-likeness (QED) is 0.671. The number of alkyl halides is 3. The normalized spacial score (nSPS) is 19.9. The van der Waals surface area contributed by atoms with Crippen molar-refractivity contribution in [2.24, 2.45) is 11.8 Å². The van der Waals surface area contributed by atoms with E-state index in [9.17, 15) is 27.9 Å². The molecule has 1 aromatic carbocycles. The summed E-state index contributed by atoms with van der Waals surface area (Å²) >= 11 is 0. The smallest absolute Gasteiger partial charge is 0.481 e. The Balaban J connectivity index is 1.68. The third-order valence-electron chi connectivity index (χ3n) is 5.42. The third-order valence-corrected chi connectivity index (χ3v) is 5.42. The molecule has 0 bridgehead atoms. The first-order valence-electron chi connectivity index (χ1n) is 9.53. The number of carbonyl (C=O) groups is 2. The van der Waals surface area contributed by atoms with E-state index in [1.54, 1.807) is 0 Å². The van der Waals surface area contributed by atoms with Crippen molar-refractivity contribution >= 4 is 22.8 Å². The fourth-order valence-electron chi connectivity index (χ4n) is 4.06. The van der Waals surface area contributed by atoms with Gasteiger partial charge in [-0.3, -0.25) is 9.59 Å². The van der Waals surface area contributed by atoms with Gasteiger partial charge in [-0.2, -0.15) is 0 Å². The topological polar surface area (TPSA) is 91.4 Å². The van der Waals surface area contributed by atoms with Gasteiger partial charge in [0.15, 0.2) is 0 Å². The molecule has 1 aliphatic rings. The lowest BCUT2D eigenvalue weighted by Gasteiger charge is -2.27. The van der Waals surface area contributed by atoms with E-state index in [1.807, 2.05) is 6.92 Å². The zero-order chi connectivity index (χ0) is 21.2. The molecule has 2 atom stereocenters. The molecule has 0 aliphatic heterocycles. The molecule has 29 heavy (non-hydrogen) atoms. The number of fused-ring (bicyclic) bond motifs is 1. The third kappa shape index (κ3) is 5.02. The molecule has 1 saturated carbocycles. The van der Waals surface area contributed by atoms with Crippen LogP contribution >= 0.6 is 0 Å². The van der Waals surface area contributed by atoms with Gasteiger partial charge in [-0.1, -0.05) is 12.8 Å². The number of H-pyrrole nitrogens is 1. The highest BCUT2D eigenvalue weighted by atomic mass is 19.4. The van der Waals surface area contributed by atoms with Gasteiger partial charge in [0.05, 0.1) is 11.8 Å². The summed E-state index contributed by atoms with van der Waals surface area (Å²) < 4.78 is 41.4. The summed E-state index contributed by atoms with van der Waals surface area (Å²) in [5, 5.41) is 12.7. The van der Waals surface area contributed by atoms with E-state index in [-0.39, 0.29) is 18.2 Å². The van der Waals surface area contributed by atoms with E-state index in [0.29, 0.717) is 30.2 Å². The minimum absolute atomic E-state index is 0.264. The van der Waals surface area contributed by atoms with Crippen molar-refractivity contribution < 1.29 is 32.6 Å². The predicted octanol–water partition coefficient (Wildman–Crippen LogP) is 3.92. The Labute approximate surface area is 165 Å². The summed E-state index contributed by atoms with van der Waals surface area (Å²) in [6, 6.07) is 4.09. The van der Waals surface area contributed by atoms with Crippen molar-refractivity contribution in [3.8, 4) is 5.75 Å².